The van der Waals surface area contributed by atoms with E-state index in [0.29, 0.717) is 32.6 Å². The maximum absolute atomic E-state index is 9.18. The normalized spacial score (nSPS) is 10.3. The van der Waals surface area contributed by atoms with Crippen LogP contribution in [0, 0.1) is 11.3 Å². The van der Waals surface area contributed by atoms with E-state index in [1.54, 1.807) is 12.1 Å². The average molecular weight is 361 g/mol. The molecule has 0 aliphatic rings. The van der Waals surface area contributed by atoms with Gasteiger partial charge >= 0.3 is 0 Å². The summed E-state index contributed by atoms with van der Waals surface area (Å²) in [5.74, 6) is 0. The zero-order valence-electron chi connectivity index (χ0n) is 11.6. The molecule has 0 bridgehead atoms. The van der Waals surface area contributed by atoms with Crippen LogP contribution in [0.25, 0.3) is 22.5 Å². The fourth-order valence-electron chi connectivity index (χ4n) is 2.17. The third kappa shape index (κ3) is 3.02. The molecular formula is C17H8Cl3N3. The van der Waals surface area contributed by atoms with Gasteiger partial charge in [-0.2, -0.15) is 5.26 Å². The summed E-state index contributed by atoms with van der Waals surface area (Å²) in [6.45, 7) is 0. The minimum atomic E-state index is 0.0261. The van der Waals surface area contributed by atoms with Crippen molar-refractivity contribution in [1.29, 1.82) is 5.26 Å². The Hall–Kier alpha value is -2.12. The average Bonchev–Trinajstić information content (AvgIpc) is 2.56. The Kier molecular flexibility index (Phi) is 4.49. The Morgan fingerprint density at radius 1 is 0.739 bits per heavy atom. The standard InChI is InChI=1S/C17H8Cl3N3/c18-12-7-3-1-5-10(12)15-16(11-6-2-4-8-13(11)19)23-17(20)14(9-21)22-15/h1-8H. The maximum atomic E-state index is 9.18. The molecule has 0 saturated carbocycles. The van der Waals surface area contributed by atoms with Gasteiger partial charge in [-0.25, -0.2) is 9.97 Å². The van der Waals surface area contributed by atoms with Crippen molar-refractivity contribution >= 4 is 34.8 Å². The van der Waals surface area contributed by atoms with Crippen molar-refractivity contribution in [3.05, 3.63) is 69.4 Å². The summed E-state index contributed by atoms with van der Waals surface area (Å²) < 4.78 is 0. The van der Waals surface area contributed by atoms with Crippen LogP contribution in [-0.2, 0) is 0 Å². The molecule has 0 radical (unpaired) electrons. The maximum Gasteiger partial charge on any atom is 0.178 e. The van der Waals surface area contributed by atoms with Crippen LogP contribution in [0.4, 0.5) is 0 Å². The van der Waals surface area contributed by atoms with E-state index in [-0.39, 0.29) is 10.8 Å². The van der Waals surface area contributed by atoms with E-state index in [9.17, 15) is 5.26 Å². The lowest BCUT2D eigenvalue weighted by Gasteiger charge is -2.12. The number of rotatable bonds is 2. The Morgan fingerprint density at radius 2 is 1.22 bits per heavy atom. The molecule has 0 N–H and O–H groups in total. The van der Waals surface area contributed by atoms with Crippen molar-refractivity contribution in [3.8, 4) is 28.6 Å². The molecule has 0 fully saturated rings. The van der Waals surface area contributed by atoms with Crippen LogP contribution in [0.1, 0.15) is 5.69 Å². The molecule has 1 heterocycles. The first kappa shape index (κ1) is 15.8. The van der Waals surface area contributed by atoms with Crippen molar-refractivity contribution in [3.63, 3.8) is 0 Å². The van der Waals surface area contributed by atoms with Gasteiger partial charge in [0.15, 0.2) is 10.8 Å². The second-order valence-electron chi connectivity index (χ2n) is 4.63. The highest BCUT2D eigenvalue weighted by atomic mass is 35.5. The smallest absolute Gasteiger partial charge is 0.178 e. The van der Waals surface area contributed by atoms with Crippen molar-refractivity contribution in [2.45, 2.75) is 0 Å². The minimum absolute atomic E-state index is 0.0261. The van der Waals surface area contributed by atoms with Gasteiger partial charge in [0.25, 0.3) is 0 Å². The van der Waals surface area contributed by atoms with Crippen molar-refractivity contribution in [1.82, 2.24) is 9.97 Å². The number of benzene rings is 2. The third-order valence-electron chi connectivity index (χ3n) is 3.22. The molecule has 3 nitrogen and oxygen atoms in total. The monoisotopic (exact) mass is 359 g/mol. The molecule has 0 atom stereocenters. The van der Waals surface area contributed by atoms with Gasteiger partial charge in [-0.05, 0) is 12.1 Å². The van der Waals surface area contributed by atoms with Gasteiger partial charge in [-0.15, -0.1) is 0 Å². The number of hydrogen-bond acceptors (Lipinski definition) is 3. The second kappa shape index (κ2) is 6.55. The molecule has 0 aliphatic heterocycles. The van der Waals surface area contributed by atoms with Gasteiger partial charge in [-0.3, -0.25) is 0 Å². The molecule has 1 aromatic heterocycles. The highest BCUT2D eigenvalue weighted by Crippen LogP contribution is 2.37. The summed E-state index contributed by atoms with van der Waals surface area (Å²) in [4.78, 5) is 8.67. The third-order valence-corrected chi connectivity index (χ3v) is 4.14. The number of halogens is 3. The number of nitrogens with zero attached hydrogens (tertiary/aromatic N) is 3. The first-order valence-corrected chi connectivity index (χ1v) is 7.72. The molecule has 3 aromatic rings. The second-order valence-corrected chi connectivity index (χ2v) is 5.80. The van der Waals surface area contributed by atoms with Crippen molar-refractivity contribution < 1.29 is 0 Å². The van der Waals surface area contributed by atoms with Gasteiger partial charge in [0.2, 0.25) is 0 Å². The molecule has 0 amide bonds. The quantitative estimate of drug-likeness (QED) is 0.594. The minimum Gasteiger partial charge on any atom is -0.232 e. The summed E-state index contributed by atoms with van der Waals surface area (Å²) in [5.41, 5.74) is 2.31. The summed E-state index contributed by atoms with van der Waals surface area (Å²) >= 11 is 18.6. The van der Waals surface area contributed by atoms with Crippen LogP contribution >= 0.6 is 34.8 Å². The van der Waals surface area contributed by atoms with Crippen LogP contribution in [-0.4, -0.2) is 9.97 Å². The fraction of sp³-hybridized carbons (Fsp3) is 0. The molecule has 3 rings (SSSR count). The van der Waals surface area contributed by atoms with Crippen LogP contribution < -0.4 is 0 Å². The zero-order chi connectivity index (χ0) is 16.4. The number of aromatic nitrogens is 2. The summed E-state index contributed by atoms with van der Waals surface area (Å²) in [7, 11) is 0. The molecular weight excluding hydrogens is 353 g/mol. The predicted molar refractivity (Wildman–Crippen MR) is 92.6 cm³/mol. The number of nitriles is 1. The first-order valence-electron chi connectivity index (χ1n) is 6.59. The van der Waals surface area contributed by atoms with Crippen LogP contribution in [0.15, 0.2) is 48.5 Å². The molecule has 23 heavy (non-hydrogen) atoms. The molecule has 0 spiro atoms. The highest BCUT2D eigenvalue weighted by Gasteiger charge is 2.19. The van der Waals surface area contributed by atoms with E-state index in [1.807, 2.05) is 42.5 Å². The van der Waals surface area contributed by atoms with E-state index in [2.05, 4.69) is 9.97 Å². The summed E-state index contributed by atoms with van der Waals surface area (Å²) in [6, 6.07) is 16.4. The number of hydrogen-bond donors (Lipinski definition) is 0. The molecule has 112 valence electrons. The Balaban J connectivity index is 2.36. The summed E-state index contributed by atoms with van der Waals surface area (Å²) in [5, 5.41) is 10.2. The lowest BCUT2D eigenvalue weighted by Crippen LogP contribution is -1.99. The van der Waals surface area contributed by atoms with Crippen LogP contribution in [0.5, 0.6) is 0 Å². The van der Waals surface area contributed by atoms with Crippen LogP contribution in [0.2, 0.25) is 15.2 Å². The van der Waals surface area contributed by atoms with Gasteiger partial charge < -0.3 is 0 Å². The van der Waals surface area contributed by atoms with Crippen molar-refractivity contribution in [2.75, 3.05) is 0 Å². The van der Waals surface area contributed by atoms with Gasteiger partial charge in [0.05, 0.1) is 21.4 Å². The van der Waals surface area contributed by atoms with Crippen molar-refractivity contribution in [2.24, 2.45) is 0 Å². The van der Waals surface area contributed by atoms with Gasteiger partial charge in [0.1, 0.15) is 6.07 Å². The topological polar surface area (TPSA) is 49.6 Å². The highest BCUT2D eigenvalue weighted by molar-refractivity contribution is 6.35. The van der Waals surface area contributed by atoms with Gasteiger partial charge in [-0.1, -0.05) is 71.2 Å². The van der Waals surface area contributed by atoms with E-state index >= 15 is 0 Å². The Morgan fingerprint density at radius 3 is 1.70 bits per heavy atom. The van der Waals surface area contributed by atoms with E-state index < -0.39 is 0 Å². The molecule has 0 unspecified atom stereocenters. The molecule has 6 heteroatoms. The lowest BCUT2D eigenvalue weighted by atomic mass is 10.0. The van der Waals surface area contributed by atoms with Gasteiger partial charge in [0, 0.05) is 11.1 Å². The van der Waals surface area contributed by atoms with Crippen LogP contribution in [0.3, 0.4) is 0 Å². The molecule has 2 aromatic carbocycles. The Labute approximate surface area is 148 Å². The first-order chi connectivity index (χ1) is 11.1. The molecule has 0 aliphatic carbocycles. The van der Waals surface area contributed by atoms with E-state index in [1.165, 1.54) is 0 Å². The predicted octanol–water partition coefficient (Wildman–Crippen LogP) is 5.64. The summed E-state index contributed by atoms with van der Waals surface area (Å²) in [6.07, 6.45) is 0. The SMILES string of the molecule is N#Cc1nc(-c2ccccc2Cl)c(-c2ccccc2Cl)nc1Cl. The largest absolute Gasteiger partial charge is 0.232 e. The fourth-order valence-corrected chi connectivity index (χ4v) is 2.79. The van der Waals surface area contributed by atoms with E-state index in [4.69, 9.17) is 34.8 Å². The zero-order valence-corrected chi connectivity index (χ0v) is 13.9. The van der Waals surface area contributed by atoms with E-state index in [0.717, 1.165) is 0 Å². The lowest BCUT2D eigenvalue weighted by molar-refractivity contribution is 1.17. The molecule has 0 saturated heterocycles. The Bertz CT molecular complexity index is 933.